The molecule has 0 saturated heterocycles. The number of nitrogens with one attached hydrogen (secondary N) is 1. The lowest BCUT2D eigenvalue weighted by Crippen LogP contribution is -2.29. The Morgan fingerprint density at radius 1 is 1.20 bits per heavy atom. The van der Waals surface area contributed by atoms with Crippen LogP contribution in [0.15, 0.2) is 54.6 Å². The summed E-state index contributed by atoms with van der Waals surface area (Å²) in [7, 11) is 0. The van der Waals surface area contributed by atoms with E-state index in [0.29, 0.717) is 21.8 Å². The highest BCUT2D eigenvalue weighted by Gasteiger charge is 2.16. The molecule has 0 bridgehead atoms. The van der Waals surface area contributed by atoms with Crippen LogP contribution in [0.2, 0.25) is 5.02 Å². The van der Waals surface area contributed by atoms with E-state index in [4.69, 9.17) is 21.6 Å². The molecule has 1 atom stereocenters. The fraction of sp³-hybridized carbons (Fsp3) is 0.105. The predicted octanol–water partition coefficient (Wildman–Crippen LogP) is 3.80. The Hall–Kier alpha value is -3.10. The van der Waals surface area contributed by atoms with Crippen molar-refractivity contribution in [2.24, 2.45) is 0 Å². The first kappa shape index (κ1) is 18.2. The van der Waals surface area contributed by atoms with Gasteiger partial charge in [-0.25, -0.2) is 4.79 Å². The highest BCUT2D eigenvalue weighted by atomic mass is 35.5. The maximum Gasteiger partial charge on any atom is 0.331 e. The number of benzene rings is 2. The molecule has 2 rings (SSSR count). The Morgan fingerprint density at radius 2 is 1.88 bits per heavy atom. The summed E-state index contributed by atoms with van der Waals surface area (Å²) in [5.41, 5.74) is 1.68. The van der Waals surface area contributed by atoms with E-state index in [0.717, 1.165) is 0 Å². The zero-order chi connectivity index (χ0) is 18.2. The van der Waals surface area contributed by atoms with Gasteiger partial charge in [-0.3, -0.25) is 4.79 Å². The summed E-state index contributed by atoms with van der Waals surface area (Å²) in [6.07, 6.45) is 1.77. The second kappa shape index (κ2) is 8.67. The fourth-order valence-electron chi connectivity index (χ4n) is 1.91. The predicted molar refractivity (Wildman–Crippen MR) is 95.8 cm³/mol. The third-order valence-corrected chi connectivity index (χ3v) is 3.59. The maximum atomic E-state index is 12.0. The van der Waals surface area contributed by atoms with Crippen LogP contribution in [0, 0.1) is 11.3 Å². The zero-order valence-corrected chi connectivity index (χ0v) is 14.2. The van der Waals surface area contributed by atoms with Gasteiger partial charge in [0.25, 0.3) is 5.91 Å². The number of amides is 1. The molecule has 0 unspecified atom stereocenters. The van der Waals surface area contributed by atoms with Crippen LogP contribution in [0.25, 0.3) is 6.08 Å². The number of anilines is 1. The summed E-state index contributed by atoms with van der Waals surface area (Å²) in [6.45, 7) is 1.47. The van der Waals surface area contributed by atoms with E-state index < -0.39 is 18.0 Å². The van der Waals surface area contributed by atoms with Crippen LogP contribution in [0.4, 0.5) is 5.69 Å². The van der Waals surface area contributed by atoms with Gasteiger partial charge in [-0.2, -0.15) is 5.26 Å². The number of carbonyl (C=O) groups excluding carboxylic acids is 2. The SMILES string of the molecule is C[C@H](OC(=O)/C=C/c1ccccc1Cl)C(=O)Nc1ccc(C#N)cc1. The van der Waals surface area contributed by atoms with Crippen molar-refractivity contribution in [3.8, 4) is 6.07 Å². The number of hydrogen-bond donors (Lipinski definition) is 1. The third-order valence-electron chi connectivity index (χ3n) is 3.25. The van der Waals surface area contributed by atoms with Gasteiger partial charge in [-0.05, 0) is 48.9 Å². The maximum absolute atomic E-state index is 12.0. The van der Waals surface area contributed by atoms with Gasteiger partial charge in [0.05, 0.1) is 11.6 Å². The van der Waals surface area contributed by atoms with E-state index in [1.807, 2.05) is 6.07 Å². The van der Waals surface area contributed by atoms with Crippen LogP contribution in [0.3, 0.4) is 0 Å². The minimum absolute atomic E-state index is 0.468. The van der Waals surface area contributed by atoms with E-state index in [-0.39, 0.29) is 0 Å². The van der Waals surface area contributed by atoms with Gasteiger partial charge in [0.1, 0.15) is 0 Å². The van der Waals surface area contributed by atoms with Gasteiger partial charge in [-0.15, -0.1) is 0 Å². The van der Waals surface area contributed by atoms with Crippen molar-refractivity contribution >= 4 is 35.2 Å². The summed E-state index contributed by atoms with van der Waals surface area (Å²) in [6, 6.07) is 15.4. The van der Waals surface area contributed by atoms with Gasteiger partial charge in [0.15, 0.2) is 6.10 Å². The highest BCUT2D eigenvalue weighted by Crippen LogP contribution is 2.16. The number of rotatable bonds is 5. The van der Waals surface area contributed by atoms with E-state index in [2.05, 4.69) is 5.32 Å². The van der Waals surface area contributed by atoms with Gasteiger partial charge in [0, 0.05) is 16.8 Å². The first-order chi connectivity index (χ1) is 12.0. The number of hydrogen-bond acceptors (Lipinski definition) is 4. The number of nitrogens with zero attached hydrogens (tertiary/aromatic N) is 1. The standard InChI is InChI=1S/C19H15ClN2O3/c1-13(19(24)22-16-9-6-14(12-21)7-10-16)25-18(23)11-8-15-4-2-3-5-17(15)20/h2-11,13H,1H3,(H,22,24)/b11-8+/t13-/m0/s1. The Kier molecular flexibility index (Phi) is 6.33. The van der Waals surface area contributed by atoms with Crippen molar-refractivity contribution < 1.29 is 14.3 Å². The van der Waals surface area contributed by atoms with E-state index in [1.165, 1.54) is 19.1 Å². The van der Waals surface area contributed by atoms with Crippen molar-refractivity contribution in [3.63, 3.8) is 0 Å². The van der Waals surface area contributed by atoms with E-state index >= 15 is 0 Å². The molecule has 0 radical (unpaired) electrons. The number of ether oxygens (including phenoxy) is 1. The first-order valence-electron chi connectivity index (χ1n) is 7.44. The normalized spacial score (nSPS) is 11.6. The van der Waals surface area contributed by atoms with Crippen LogP contribution >= 0.6 is 11.6 Å². The largest absolute Gasteiger partial charge is 0.449 e. The van der Waals surface area contributed by atoms with Gasteiger partial charge in [0.2, 0.25) is 0 Å². The summed E-state index contributed by atoms with van der Waals surface area (Å²) < 4.78 is 5.06. The summed E-state index contributed by atoms with van der Waals surface area (Å²) in [5.74, 6) is -1.12. The molecule has 5 nitrogen and oxygen atoms in total. The monoisotopic (exact) mass is 354 g/mol. The van der Waals surface area contributed by atoms with Crippen LogP contribution in [-0.2, 0) is 14.3 Å². The lowest BCUT2D eigenvalue weighted by Gasteiger charge is -2.12. The van der Waals surface area contributed by atoms with Crippen molar-refractivity contribution in [2.45, 2.75) is 13.0 Å². The average molecular weight is 355 g/mol. The molecule has 0 aliphatic carbocycles. The fourth-order valence-corrected chi connectivity index (χ4v) is 2.11. The molecule has 0 spiro atoms. The van der Waals surface area contributed by atoms with Crippen molar-refractivity contribution in [1.82, 2.24) is 0 Å². The quantitative estimate of drug-likeness (QED) is 0.654. The lowest BCUT2D eigenvalue weighted by molar-refractivity contribution is -0.148. The number of carbonyl (C=O) groups is 2. The van der Waals surface area contributed by atoms with Gasteiger partial charge in [-0.1, -0.05) is 29.8 Å². The second-order valence-electron chi connectivity index (χ2n) is 5.11. The molecular formula is C19H15ClN2O3. The summed E-state index contributed by atoms with van der Waals surface area (Å²) >= 11 is 5.99. The topological polar surface area (TPSA) is 79.2 Å². The Morgan fingerprint density at radius 3 is 2.52 bits per heavy atom. The smallest absolute Gasteiger partial charge is 0.331 e. The molecule has 126 valence electrons. The van der Waals surface area contributed by atoms with Crippen molar-refractivity contribution in [2.75, 3.05) is 5.32 Å². The highest BCUT2D eigenvalue weighted by molar-refractivity contribution is 6.32. The first-order valence-corrected chi connectivity index (χ1v) is 7.81. The van der Waals surface area contributed by atoms with Crippen LogP contribution in [-0.4, -0.2) is 18.0 Å². The molecule has 0 fully saturated rings. The number of nitriles is 1. The average Bonchev–Trinajstić information content (AvgIpc) is 2.61. The van der Waals surface area contributed by atoms with Gasteiger partial charge < -0.3 is 10.1 Å². The molecule has 25 heavy (non-hydrogen) atoms. The second-order valence-corrected chi connectivity index (χ2v) is 5.52. The molecule has 0 aliphatic rings. The molecule has 1 amide bonds. The van der Waals surface area contributed by atoms with Gasteiger partial charge >= 0.3 is 5.97 Å². The van der Waals surface area contributed by atoms with Crippen molar-refractivity contribution in [3.05, 3.63) is 70.8 Å². The molecule has 0 saturated carbocycles. The lowest BCUT2D eigenvalue weighted by atomic mass is 10.2. The van der Waals surface area contributed by atoms with Crippen LogP contribution in [0.1, 0.15) is 18.1 Å². The molecule has 0 aliphatic heterocycles. The Balaban J connectivity index is 1.90. The number of esters is 1. The molecule has 0 aromatic heterocycles. The zero-order valence-electron chi connectivity index (χ0n) is 13.4. The van der Waals surface area contributed by atoms with E-state index in [9.17, 15) is 9.59 Å². The number of halogens is 1. The summed E-state index contributed by atoms with van der Waals surface area (Å²) in [5, 5.41) is 11.9. The van der Waals surface area contributed by atoms with Crippen molar-refractivity contribution in [1.29, 1.82) is 5.26 Å². The van der Waals surface area contributed by atoms with Crippen LogP contribution in [0.5, 0.6) is 0 Å². The molecule has 6 heteroatoms. The molecule has 1 N–H and O–H groups in total. The molecular weight excluding hydrogens is 340 g/mol. The minimum Gasteiger partial charge on any atom is -0.449 e. The molecule has 2 aromatic rings. The Labute approximate surface area is 150 Å². The van der Waals surface area contributed by atoms with E-state index in [1.54, 1.807) is 48.5 Å². The molecule has 2 aromatic carbocycles. The molecule has 0 heterocycles. The minimum atomic E-state index is -0.973. The Bertz CT molecular complexity index is 838. The summed E-state index contributed by atoms with van der Waals surface area (Å²) in [4.78, 5) is 23.8. The van der Waals surface area contributed by atoms with Crippen LogP contribution < -0.4 is 5.32 Å². The third kappa shape index (κ3) is 5.48.